The predicted molar refractivity (Wildman–Crippen MR) is 155 cm³/mol. The Morgan fingerprint density at radius 1 is 0.929 bits per heavy atom. The highest BCUT2D eigenvalue weighted by molar-refractivity contribution is 6.33. The molecule has 42 heavy (non-hydrogen) atoms. The van der Waals surface area contributed by atoms with Crippen molar-refractivity contribution < 1.29 is 27.6 Å². The minimum atomic E-state index is -4.55. The highest BCUT2D eigenvalue weighted by Crippen LogP contribution is 2.38. The van der Waals surface area contributed by atoms with E-state index in [1.807, 2.05) is 36.4 Å². The van der Waals surface area contributed by atoms with Crippen LogP contribution in [0, 0.1) is 5.92 Å². The highest BCUT2D eigenvalue weighted by atomic mass is 35.5. The summed E-state index contributed by atoms with van der Waals surface area (Å²) in [6.07, 6.45) is -4.55. The lowest BCUT2D eigenvalue weighted by Crippen LogP contribution is -2.50. The lowest BCUT2D eigenvalue weighted by atomic mass is 10.0. The normalized spacial score (nSPS) is 13.4. The molecular formula is C31H26ClF3N4O3. The summed E-state index contributed by atoms with van der Waals surface area (Å²) in [5.74, 6) is -1.56. The molecule has 4 aromatic carbocycles. The number of carbonyl (C=O) groups is 3. The van der Waals surface area contributed by atoms with E-state index in [4.69, 9.17) is 11.6 Å². The van der Waals surface area contributed by atoms with Crippen LogP contribution in [-0.4, -0.2) is 23.8 Å². The average molecular weight is 595 g/mol. The standard InChI is InChI=1S/C31H26ClF3N4O3/c1-17(2)27(36-24-14-13-21(15-23(24)32)31(33,34)35)29(41)38-37-28(40)20-11-9-18(10-12-20)16-39-25-8-4-6-19-5-3-7-22(26(19)25)30(39)42/h3-15,17,27,36H,16H2,1-2H3,(H,37,40)(H,38,41)/t27-/m0/s1. The van der Waals surface area contributed by atoms with Crippen LogP contribution in [0.3, 0.4) is 0 Å². The van der Waals surface area contributed by atoms with Gasteiger partial charge in [0.05, 0.1) is 28.5 Å². The Hall–Kier alpha value is -4.57. The molecule has 0 radical (unpaired) electrons. The van der Waals surface area contributed by atoms with E-state index in [2.05, 4.69) is 16.2 Å². The lowest BCUT2D eigenvalue weighted by Gasteiger charge is -2.24. The second-order valence-corrected chi connectivity index (χ2v) is 10.7. The van der Waals surface area contributed by atoms with Gasteiger partial charge in [-0.15, -0.1) is 0 Å². The fraction of sp³-hybridized carbons (Fsp3) is 0.194. The molecule has 1 aliphatic heterocycles. The van der Waals surface area contributed by atoms with Gasteiger partial charge >= 0.3 is 6.18 Å². The van der Waals surface area contributed by atoms with Gasteiger partial charge in [-0.25, -0.2) is 0 Å². The number of hydrazine groups is 1. The first kappa shape index (κ1) is 28.9. The average Bonchev–Trinajstić information content (AvgIpc) is 3.22. The summed E-state index contributed by atoms with van der Waals surface area (Å²) < 4.78 is 38.9. The van der Waals surface area contributed by atoms with Gasteiger partial charge < -0.3 is 10.2 Å². The molecule has 0 aliphatic carbocycles. The molecule has 0 unspecified atom stereocenters. The Morgan fingerprint density at radius 3 is 2.26 bits per heavy atom. The van der Waals surface area contributed by atoms with Gasteiger partial charge in [0.2, 0.25) is 0 Å². The van der Waals surface area contributed by atoms with Crippen LogP contribution in [-0.2, 0) is 17.5 Å². The van der Waals surface area contributed by atoms with E-state index >= 15 is 0 Å². The van der Waals surface area contributed by atoms with Crippen LogP contribution in [0.25, 0.3) is 10.8 Å². The molecule has 11 heteroatoms. The lowest BCUT2D eigenvalue weighted by molar-refractivity contribution is -0.137. The fourth-order valence-corrected chi connectivity index (χ4v) is 5.09. The maximum atomic E-state index is 13.1. The van der Waals surface area contributed by atoms with Gasteiger partial charge in [0.1, 0.15) is 6.04 Å². The van der Waals surface area contributed by atoms with E-state index in [1.54, 1.807) is 43.0 Å². The van der Waals surface area contributed by atoms with Crippen molar-refractivity contribution in [2.45, 2.75) is 32.6 Å². The van der Waals surface area contributed by atoms with Gasteiger partial charge in [0.25, 0.3) is 17.7 Å². The number of alkyl halides is 3. The zero-order valence-corrected chi connectivity index (χ0v) is 23.3. The van der Waals surface area contributed by atoms with Gasteiger partial charge in [-0.2, -0.15) is 13.2 Å². The number of hydrogen-bond donors (Lipinski definition) is 3. The van der Waals surface area contributed by atoms with Crippen LogP contribution < -0.4 is 21.1 Å². The van der Waals surface area contributed by atoms with Crippen LogP contribution in [0.2, 0.25) is 5.02 Å². The highest BCUT2D eigenvalue weighted by Gasteiger charge is 2.32. The first-order valence-corrected chi connectivity index (χ1v) is 13.5. The van der Waals surface area contributed by atoms with Crippen molar-refractivity contribution in [2.75, 3.05) is 10.2 Å². The zero-order valence-electron chi connectivity index (χ0n) is 22.6. The summed E-state index contributed by atoms with van der Waals surface area (Å²) in [6, 6.07) is 20.0. The van der Waals surface area contributed by atoms with Crippen molar-refractivity contribution in [1.82, 2.24) is 10.9 Å². The molecule has 0 fully saturated rings. The largest absolute Gasteiger partial charge is 0.416 e. The first-order valence-electron chi connectivity index (χ1n) is 13.1. The van der Waals surface area contributed by atoms with E-state index in [-0.39, 0.29) is 28.1 Å². The number of amides is 3. The smallest absolute Gasteiger partial charge is 0.372 e. The summed E-state index contributed by atoms with van der Waals surface area (Å²) in [4.78, 5) is 40.4. The van der Waals surface area contributed by atoms with E-state index in [0.717, 1.165) is 40.2 Å². The molecule has 0 bridgehead atoms. The molecule has 1 heterocycles. The molecule has 7 nitrogen and oxygen atoms in total. The molecule has 1 aliphatic rings. The van der Waals surface area contributed by atoms with Crippen LogP contribution >= 0.6 is 11.6 Å². The summed E-state index contributed by atoms with van der Waals surface area (Å²) in [6.45, 7) is 3.79. The van der Waals surface area contributed by atoms with Gasteiger partial charge in [0.15, 0.2) is 0 Å². The number of anilines is 2. The van der Waals surface area contributed by atoms with Crippen LogP contribution in [0.1, 0.15) is 45.7 Å². The number of halogens is 4. The topological polar surface area (TPSA) is 90.5 Å². The summed E-state index contributed by atoms with van der Waals surface area (Å²) >= 11 is 6.03. The van der Waals surface area contributed by atoms with E-state index < -0.39 is 29.6 Å². The number of benzene rings is 4. The second-order valence-electron chi connectivity index (χ2n) is 10.3. The Balaban J connectivity index is 1.20. The van der Waals surface area contributed by atoms with Gasteiger partial charge in [0, 0.05) is 16.5 Å². The Labute approximate surface area is 244 Å². The third-order valence-corrected chi connectivity index (χ3v) is 7.37. The second kappa shape index (κ2) is 11.4. The van der Waals surface area contributed by atoms with E-state index in [0.29, 0.717) is 12.1 Å². The fourth-order valence-electron chi connectivity index (χ4n) is 4.86. The Kier molecular flexibility index (Phi) is 7.83. The maximum Gasteiger partial charge on any atom is 0.416 e. The first-order chi connectivity index (χ1) is 19.9. The number of nitrogens with one attached hydrogen (secondary N) is 3. The molecule has 3 N–H and O–H groups in total. The van der Waals surface area contributed by atoms with Crippen molar-refractivity contribution in [1.29, 1.82) is 0 Å². The van der Waals surface area contributed by atoms with Crippen molar-refractivity contribution in [3.63, 3.8) is 0 Å². The van der Waals surface area contributed by atoms with Crippen molar-refractivity contribution in [3.8, 4) is 0 Å². The summed E-state index contributed by atoms with van der Waals surface area (Å²) in [5, 5.41) is 4.58. The van der Waals surface area contributed by atoms with E-state index in [1.165, 1.54) is 0 Å². The molecule has 4 aromatic rings. The quantitative estimate of drug-likeness (QED) is 0.211. The zero-order chi connectivity index (χ0) is 30.2. The predicted octanol–water partition coefficient (Wildman–Crippen LogP) is 6.57. The minimum Gasteiger partial charge on any atom is -0.372 e. The van der Waals surface area contributed by atoms with Crippen molar-refractivity contribution in [3.05, 3.63) is 106 Å². The van der Waals surface area contributed by atoms with Crippen molar-refractivity contribution in [2.24, 2.45) is 5.92 Å². The van der Waals surface area contributed by atoms with Crippen LogP contribution in [0.15, 0.2) is 78.9 Å². The minimum absolute atomic E-state index is 0.0859. The van der Waals surface area contributed by atoms with E-state index in [9.17, 15) is 27.6 Å². The molecule has 3 amide bonds. The van der Waals surface area contributed by atoms with Crippen LogP contribution in [0.5, 0.6) is 0 Å². The molecule has 0 saturated heterocycles. The maximum absolute atomic E-state index is 13.1. The molecular weight excluding hydrogens is 569 g/mol. The van der Waals surface area contributed by atoms with Gasteiger partial charge in [-0.05, 0) is 59.3 Å². The molecule has 0 saturated carbocycles. The number of nitrogens with zero attached hydrogens (tertiary/aromatic N) is 1. The number of carbonyl (C=O) groups excluding carboxylic acids is 3. The SMILES string of the molecule is CC(C)[C@H](Nc1ccc(C(F)(F)F)cc1Cl)C(=O)NNC(=O)c1ccc(CN2C(=O)c3cccc4cccc2c34)cc1. The summed E-state index contributed by atoms with van der Waals surface area (Å²) in [7, 11) is 0. The molecule has 216 valence electrons. The Bertz CT molecular complexity index is 1680. The third kappa shape index (κ3) is 5.75. The molecule has 0 aromatic heterocycles. The molecule has 0 spiro atoms. The van der Waals surface area contributed by atoms with Gasteiger partial charge in [-0.3, -0.25) is 25.2 Å². The molecule has 1 atom stereocenters. The number of rotatable bonds is 7. The van der Waals surface area contributed by atoms with Crippen LogP contribution in [0.4, 0.5) is 24.5 Å². The third-order valence-electron chi connectivity index (χ3n) is 7.06. The molecule has 5 rings (SSSR count). The summed E-state index contributed by atoms with van der Waals surface area (Å²) in [5.41, 5.74) is 6.55. The van der Waals surface area contributed by atoms with Gasteiger partial charge in [-0.1, -0.05) is 61.8 Å². The van der Waals surface area contributed by atoms with Crippen molar-refractivity contribution >= 4 is 51.5 Å². The monoisotopic (exact) mass is 594 g/mol. The Morgan fingerprint density at radius 2 is 1.62 bits per heavy atom. The number of hydrogen-bond acceptors (Lipinski definition) is 4.